The minimum Gasteiger partial charge on any atom is -0.481 e. The highest BCUT2D eigenvalue weighted by Crippen LogP contribution is 2.22. The highest BCUT2D eigenvalue weighted by Gasteiger charge is 2.20. The van der Waals surface area contributed by atoms with Gasteiger partial charge in [0.05, 0.1) is 6.42 Å². The zero-order chi connectivity index (χ0) is 19.9. The first-order valence-corrected chi connectivity index (χ1v) is 9.10. The average molecular weight is 385 g/mol. The van der Waals surface area contributed by atoms with Crippen LogP contribution in [0.4, 0.5) is 11.6 Å². The minimum absolute atomic E-state index is 0.319. The van der Waals surface area contributed by atoms with E-state index in [0.717, 1.165) is 31.6 Å². The zero-order valence-corrected chi connectivity index (χ0v) is 15.3. The van der Waals surface area contributed by atoms with Crippen LogP contribution in [0.5, 0.6) is 0 Å². The molecule has 1 saturated heterocycles. The van der Waals surface area contributed by atoms with Crippen molar-refractivity contribution >= 4 is 23.5 Å². The first-order valence-electron chi connectivity index (χ1n) is 9.10. The number of benzene rings is 1. The molecule has 1 aromatic heterocycles. The number of aliphatic carboxylic acids is 1. The molecule has 3 rings (SSSR count). The van der Waals surface area contributed by atoms with Gasteiger partial charge in [-0.3, -0.25) is 9.59 Å². The van der Waals surface area contributed by atoms with Crippen LogP contribution in [-0.2, 0) is 4.79 Å². The van der Waals surface area contributed by atoms with E-state index in [1.54, 1.807) is 30.6 Å². The Morgan fingerprint density at radius 3 is 2.39 bits per heavy atom. The highest BCUT2D eigenvalue weighted by atomic mass is 16.4. The zero-order valence-electron chi connectivity index (χ0n) is 15.3. The standard InChI is InChI=1S/C19H23N5O4/c25-16(12-17(26)27)23-18(28)13-2-4-15(5-3-13)24-10-6-14(7-11-24)22-19-20-8-1-9-21-19/h1-5,8-9,14,16,25H,6-7,10-12H2,(H,23,28)(H,26,27)(H,20,21,22). The van der Waals surface area contributed by atoms with Crippen LogP contribution < -0.4 is 15.5 Å². The van der Waals surface area contributed by atoms with E-state index in [1.807, 2.05) is 12.1 Å². The van der Waals surface area contributed by atoms with E-state index in [9.17, 15) is 14.7 Å². The Morgan fingerprint density at radius 1 is 1.14 bits per heavy atom. The van der Waals surface area contributed by atoms with Crippen molar-refractivity contribution in [3.8, 4) is 0 Å². The van der Waals surface area contributed by atoms with Crippen LogP contribution in [0, 0.1) is 0 Å². The molecular formula is C19H23N5O4. The molecule has 148 valence electrons. The maximum Gasteiger partial charge on any atom is 0.307 e. The molecule has 9 heteroatoms. The topological polar surface area (TPSA) is 128 Å². The molecule has 1 atom stereocenters. The lowest BCUT2D eigenvalue weighted by Crippen LogP contribution is -2.39. The van der Waals surface area contributed by atoms with E-state index in [2.05, 4.69) is 25.5 Å². The number of amides is 1. The number of aliphatic hydroxyl groups is 1. The minimum atomic E-state index is -1.41. The number of hydrogen-bond acceptors (Lipinski definition) is 7. The second-order valence-corrected chi connectivity index (χ2v) is 6.61. The van der Waals surface area contributed by atoms with Gasteiger partial charge in [0.2, 0.25) is 5.95 Å². The molecule has 28 heavy (non-hydrogen) atoms. The summed E-state index contributed by atoms with van der Waals surface area (Å²) in [5, 5.41) is 23.7. The molecule has 0 radical (unpaired) electrons. The third-order valence-corrected chi connectivity index (χ3v) is 4.55. The fourth-order valence-corrected chi connectivity index (χ4v) is 3.11. The Bertz CT molecular complexity index is 792. The van der Waals surface area contributed by atoms with Gasteiger partial charge in [0.25, 0.3) is 5.91 Å². The van der Waals surface area contributed by atoms with Crippen molar-refractivity contribution in [3.05, 3.63) is 48.3 Å². The molecule has 1 fully saturated rings. The second-order valence-electron chi connectivity index (χ2n) is 6.61. The summed E-state index contributed by atoms with van der Waals surface area (Å²) < 4.78 is 0. The fraction of sp³-hybridized carbons (Fsp3) is 0.368. The Labute approximate surface area is 162 Å². The molecule has 2 aromatic rings. The van der Waals surface area contributed by atoms with Crippen LogP contribution in [0.25, 0.3) is 0 Å². The van der Waals surface area contributed by atoms with Gasteiger partial charge in [-0.05, 0) is 43.2 Å². The van der Waals surface area contributed by atoms with Crippen LogP contribution in [-0.4, -0.2) is 57.4 Å². The van der Waals surface area contributed by atoms with Crippen molar-refractivity contribution in [3.63, 3.8) is 0 Å². The first-order chi connectivity index (χ1) is 13.5. The molecule has 9 nitrogen and oxygen atoms in total. The summed E-state index contributed by atoms with van der Waals surface area (Å²) >= 11 is 0. The van der Waals surface area contributed by atoms with Crippen molar-refractivity contribution in [2.75, 3.05) is 23.3 Å². The lowest BCUT2D eigenvalue weighted by Gasteiger charge is -2.34. The number of nitrogens with one attached hydrogen (secondary N) is 2. The fourth-order valence-electron chi connectivity index (χ4n) is 3.11. The van der Waals surface area contributed by atoms with Crippen molar-refractivity contribution in [2.45, 2.75) is 31.5 Å². The smallest absolute Gasteiger partial charge is 0.307 e. The Morgan fingerprint density at radius 2 is 1.79 bits per heavy atom. The third-order valence-electron chi connectivity index (χ3n) is 4.55. The van der Waals surface area contributed by atoms with Gasteiger partial charge in [0, 0.05) is 42.8 Å². The van der Waals surface area contributed by atoms with Crippen LogP contribution in [0.15, 0.2) is 42.7 Å². The molecule has 0 spiro atoms. The number of carboxylic acids is 1. The van der Waals surface area contributed by atoms with E-state index in [0.29, 0.717) is 17.6 Å². The molecule has 1 aliphatic rings. The Kier molecular flexibility index (Phi) is 6.38. The van der Waals surface area contributed by atoms with Crippen molar-refractivity contribution in [1.29, 1.82) is 0 Å². The van der Waals surface area contributed by atoms with E-state index >= 15 is 0 Å². The van der Waals surface area contributed by atoms with Gasteiger partial charge in [0.15, 0.2) is 0 Å². The number of carboxylic acid groups (broad SMARTS) is 1. The number of carbonyl (C=O) groups excluding carboxylic acids is 1. The number of anilines is 2. The summed E-state index contributed by atoms with van der Waals surface area (Å²) in [5.41, 5.74) is 1.38. The summed E-state index contributed by atoms with van der Waals surface area (Å²) in [6.07, 6.45) is 3.36. The second kappa shape index (κ2) is 9.14. The average Bonchev–Trinajstić information content (AvgIpc) is 2.69. The van der Waals surface area contributed by atoms with Crippen LogP contribution in [0.3, 0.4) is 0 Å². The molecule has 1 amide bonds. The van der Waals surface area contributed by atoms with Crippen molar-refractivity contribution in [1.82, 2.24) is 15.3 Å². The summed E-state index contributed by atoms with van der Waals surface area (Å²) in [6, 6.07) is 9.14. The maximum absolute atomic E-state index is 12.0. The van der Waals surface area contributed by atoms with E-state index in [4.69, 9.17) is 5.11 Å². The van der Waals surface area contributed by atoms with Gasteiger partial charge in [-0.25, -0.2) is 9.97 Å². The van der Waals surface area contributed by atoms with Gasteiger partial charge in [-0.1, -0.05) is 0 Å². The van der Waals surface area contributed by atoms with Crippen molar-refractivity contribution < 1.29 is 19.8 Å². The number of aliphatic hydroxyl groups excluding tert-OH is 1. The summed E-state index contributed by atoms with van der Waals surface area (Å²) in [4.78, 5) is 33.2. The quantitative estimate of drug-likeness (QED) is 0.522. The summed E-state index contributed by atoms with van der Waals surface area (Å²) in [7, 11) is 0. The molecule has 1 aromatic carbocycles. The monoisotopic (exact) mass is 385 g/mol. The SMILES string of the molecule is O=C(O)CC(O)NC(=O)c1ccc(N2CCC(Nc3ncccn3)CC2)cc1. The van der Waals surface area contributed by atoms with Crippen LogP contribution in [0.1, 0.15) is 29.6 Å². The molecule has 0 saturated carbocycles. The predicted octanol–water partition coefficient (Wildman–Crippen LogP) is 1.08. The summed E-state index contributed by atoms with van der Waals surface area (Å²) in [5.74, 6) is -1.05. The molecular weight excluding hydrogens is 362 g/mol. The molecule has 0 bridgehead atoms. The van der Waals surface area contributed by atoms with Gasteiger partial charge >= 0.3 is 5.97 Å². The van der Waals surface area contributed by atoms with Crippen LogP contribution in [0.2, 0.25) is 0 Å². The van der Waals surface area contributed by atoms with Gasteiger partial charge < -0.3 is 25.7 Å². The molecule has 4 N–H and O–H groups in total. The molecule has 0 aliphatic carbocycles. The van der Waals surface area contributed by atoms with Crippen molar-refractivity contribution in [2.24, 2.45) is 0 Å². The first kappa shape index (κ1) is 19.6. The molecule has 1 unspecified atom stereocenters. The normalized spacial score (nSPS) is 15.7. The van der Waals surface area contributed by atoms with E-state index in [-0.39, 0.29) is 0 Å². The number of hydrogen-bond donors (Lipinski definition) is 4. The third kappa shape index (κ3) is 5.40. The molecule has 1 aliphatic heterocycles. The number of aromatic nitrogens is 2. The lowest BCUT2D eigenvalue weighted by atomic mass is 10.0. The van der Waals surface area contributed by atoms with Gasteiger partial charge in [0.1, 0.15) is 6.23 Å². The summed E-state index contributed by atoms with van der Waals surface area (Å²) in [6.45, 7) is 1.74. The Hall–Kier alpha value is -3.20. The number of nitrogens with zero attached hydrogens (tertiary/aromatic N) is 3. The number of rotatable bonds is 7. The van der Waals surface area contributed by atoms with Gasteiger partial charge in [-0.15, -0.1) is 0 Å². The maximum atomic E-state index is 12.0. The predicted molar refractivity (Wildman–Crippen MR) is 103 cm³/mol. The van der Waals surface area contributed by atoms with E-state index < -0.39 is 24.5 Å². The lowest BCUT2D eigenvalue weighted by molar-refractivity contribution is -0.139. The van der Waals surface area contributed by atoms with Gasteiger partial charge in [-0.2, -0.15) is 0 Å². The highest BCUT2D eigenvalue weighted by molar-refractivity contribution is 5.94. The Balaban J connectivity index is 1.50. The van der Waals surface area contributed by atoms with Crippen LogP contribution >= 0.6 is 0 Å². The number of carbonyl (C=O) groups is 2. The number of piperidine rings is 1. The molecule has 2 heterocycles. The van der Waals surface area contributed by atoms with E-state index in [1.165, 1.54) is 0 Å². The largest absolute Gasteiger partial charge is 0.481 e.